The quantitative estimate of drug-likeness (QED) is 0.668. The lowest BCUT2D eigenvalue weighted by Gasteiger charge is -2.35. The smallest absolute Gasteiger partial charge is 0.321 e. The minimum absolute atomic E-state index is 0.143. The number of hydrogen-bond donors (Lipinski definition) is 2. The van der Waals surface area contributed by atoms with Gasteiger partial charge in [-0.3, -0.25) is 9.78 Å². The van der Waals surface area contributed by atoms with Crippen molar-refractivity contribution >= 4 is 23.4 Å². The van der Waals surface area contributed by atoms with Crippen molar-refractivity contribution in [1.82, 2.24) is 20.2 Å². The van der Waals surface area contributed by atoms with Crippen LogP contribution in [0.25, 0.3) is 0 Å². The number of anilines is 2. The zero-order valence-electron chi connectivity index (χ0n) is 17.1. The van der Waals surface area contributed by atoms with Crippen LogP contribution in [0, 0.1) is 0 Å². The van der Waals surface area contributed by atoms with Gasteiger partial charge in [0.2, 0.25) is 0 Å². The number of piperazine rings is 1. The Bertz CT molecular complexity index is 1000. The van der Waals surface area contributed by atoms with Crippen LogP contribution in [0.3, 0.4) is 0 Å². The van der Waals surface area contributed by atoms with Crippen LogP contribution in [0.5, 0.6) is 0 Å². The molecule has 0 unspecified atom stereocenters. The molecule has 158 valence electrons. The molecule has 1 saturated heterocycles. The van der Waals surface area contributed by atoms with Gasteiger partial charge in [-0.15, -0.1) is 0 Å². The molecule has 8 heteroatoms. The number of carbonyl (C=O) groups excluding carboxylic acids is 2. The predicted molar refractivity (Wildman–Crippen MR) is 119 cm³/mol. The summed E-state index contributed by atoms with van der Waals surface area (Å²) in [5, 5.41) is 5.78. The van der Waals surface area contributed by atoms with E-state index in [9.17, 15) is 9.59 Å². The lowest BCUT2D eigenvalue weighted by Crippen LogP contribution is -2.50. The maximum atomic E-state index is 12.6. The minimum Gasteiger partial charge on any atom is -0.353 e. The average Bonchev–Trinajstić information content (AvgIpc) is 2.84. The van der Waals surface area contributed by atoms with E-state index in [4.69, 9.17) is 0 Å². The van der Waals surface area contributed by atoms with E-state index in [2.05, 4.69) is 25.5 Å². The van der Waals surface area contributed by atoms with Crippen molar-refractivity contribution in [3.05, 3.63) is 84.3 Å². The number of pyridine rings is 2. The van der Waals surface area contributed by atoms with Crippen molar-refractivity contribution in [2.45, 2.75) is 6.54 Å². The number of nitrogens with one attached hydrogen (secondary N) is 2. The molecule has 1 aromatic carbocycles. The fourth-order valence-electron chi connectivity index (χ4n) is 3.37. The Balaban J connectivity index is 1.26. The molecule has 0 radical (unpaired) electrons. The highest BCUT2D eigenvalue weighted by atomic mass is 16.2. The first-order valence-electron chi connectivity index (χ1n) is 10.2. The summed E-state index contributed by atoms with van der Waals surface area (Å²) < 4.78 is 0. The van der Waals surface area contributed by atoms with Crippen LogP contribution in [-0.4, -0.2) is 53.0 Å². The van der Waals surface area contributed by atoms with Gasteiger partial charge in [0.1, 0.15) is 5.82 Å². The lowest BCUT2D eigenvalue weighted by molar-refractivity contribution is 0.0951. The second-order valence-electron chi connectivity index (χ2n) is 7.21. The zero-order valence-corrected chi connectivity index (χ0v) is 17.1. The fourth-order valence-corrected chi connectivity index (χ4v) is 3.37. The van der Waals surface area contributed by atoms with Gasteiger partial charge >= 0.3 is 6.03 Å². The third kappa shape index (κ3) is 5.36. The fraction of sp³-hybridized carbons (Fsp3) is 0.217. The van der Waals surface area contributed by atoms with Gasteiger partial charge in [-0.05, 0) is 54.1 Å². The number of amides is 3. The maximum absolute atomic E-state index is 12.6. The lowest BCUT2D eigenvalue weighted by atomic mass is 10.2. The van der Waals surface area contributed by atoms with Crippen molar-refractivity contribution in [3.63, 3.8) is 0 Å². The third-order valence-electron chi connectivity index (χ3n) is 5.14. The summed E-state index contributed by atoms with van der Waals surface area (Å²) >= 11 is 0. The van der Waals surface area contributed by atoms with Gasteiger partial charge in [0.05, 0.1) is 0 Å². The molecule has 3 amide bonds. The molecule has 3 heterocycles. The summed E-state index contributed by atoms with van der Waals surface area (Å²) in [6, 6.07) is 16.3. The first-order valence-corrected chi connectivity index (χ1v) is 10.2. The first kappa shape index (κ1) is 20.3. The summed E-state index contributed by atoms with van der Waals surface area (Å²) in [6.45, 7) is 3.15. The van der Waals surface area contributed by atoms with Gasteiger partial charge in [0, 0.05) is 62.6 Å². The van der Waals surface area contributed by atoms with E-state index in [1.807, 2.05) is 30.3 Å². The molecule has 2 N–H and O–H groups in total. The van der Waals surface area contributed by atoms with Crippen molar-refractivity contribution < 1.29 is 9.59 Å². The molecule has 1 fully saturated rings. The number of benzene rings is 1. The molecule has 4 rings (SSSR count). The number of rotatable bonds is 5. The summed E-state index contributed by atoms with van der Waals surface area (Å²) in [4.78, 5) is 37.2. The van der Waals surface area contributed by atoms with E-state index in [1.54, 1.807) is 47.8 Å². The number of urea groups is 1. The number of aromatic nitrogens is 2. The Morgan fingerprint density at radius 3 is 2.29 bits per heavy atom. The first-order chi connectivity index (χ1) is 15.2. The van der Waals surface area contributed by atoms with Crippen LogP contribution in [0.1, 0.15) is 15.9 Å². The van der Waals surface area contributed by atoms with E-state index in [1.165, 1.54) is 0 Å². The Hall–Kier alpha value is -3.94. The van der Waals surface area contributed by atoms with Crippen LogP contribution < -0.4 is 15.5 Å². The minimum atomic E-state index is -0.166. The van der Waals surface area contributed by atoms with Crippen molar-refractivity contribution in [1.29, 1.82) is 0 Å². The van der Waals surface area contributed by atoms with E-state index < -0.39 is 0 Å². The van der Waals surface area contributed by atoms with Crippen LogP contribution in [-0.2, 0) is 6.54 Å². The summed E-state index contributed by atoms with van der Waals surface area (Å²) in [7, 11) is 0. The normalized spacial score (nSPS) is 13.5. The van der Waals surface area contributed by atoms with Gasteiger partial charge in [-0.2, -0.15) is 0 Å². The summed E-state index contributed by atoms with van der Waals surface area (Å²) in [5.41, 5.74) is 2.18. The molecule has 1 aliphatic heterocycles. The molecule has 2 aromatic heterocycles. The number of carbonyl (C=O) groups is 2. The van der Waals surface area contributed by atoms with Crippen LogP contribution >= 0.6 is 0 Å². The zero-order chi connectivity index (χ0) is 21.5. The van der Waals surface area contributed by atoms with E-state index in [0.717, 1.165) is 24.5 Å². The average molecular weight is 416 g/mol. The van der Waals surface area contributed by atoms with Crippen molar-refractivity contribution in [2.24, 2.45) is 0 Å². The molecular weight excluding hydrogens is 392 g/mol. The molecule has 8 nitrogen and oxygen atoms in total. The van der Waals surface area contributed by atoms with Crippen molar-refractivity contribution in [2.75, 3.05) is 36.4 Å². The Morgan fingerprint density at radius 1 is 0.871 bits per heavy atom. The van der Waals surface area contributed by atoms with Gasteiger partial charge < -0.3 is 20.4 Å². The molecule has 0 saturated carbocycles. The third-order valence-corrected chi connectivity index (χ3v) is 5.14. The van der Waals surface area contributed by atoms with Gasteiger partial charge in [-0.1, -0.05) is 6.07 Å². The molecule has 0 atom stereocenters. The Labute approximate surface area is 180 Å². The summed E-state index contributed by atoms with van der Waals surface area (Å²) in [6.07, 6.45) is 5.16. The molecule has 0 spiro atoms. The van der Waals surface area contributed by atoms with Crippen LogP contribution in [0.4, 0.5) is 16.3 Å². The van der Waals surface area contributed by atoms with Gasteiger partial charge in [0.25, 0.3) is 5.91 Å². The largest absolute Gasteiger partial charge is 0.353 e. The molecule has 31 heavy (non-hydrogen) atoms. The number of nitrogens with zero attached hydrogens (tertiary/aromatic N) is 4. The second-order valence-corrected chi connectivity index (χ2v) is 7.21. The van der Waals surface area contributed by atoms with E-state index in [-0.39, 0.29) is 11.9 Å². The monoisotopic (exact) mass is 416 g/mol. The molecule has 0 aliphatic carbocycles. The topological polar surface area (TPSA) is 90.5 Å². The highest BCUT2D eigenvalue weighted by molar-refractivity contribution is 5.95. The number of hydrogen-bond acceptors (Lipinski definition) is 5. The van der Waals surface area contributed by atoms with Gasteiger partial charge in [-0.25, -0.2) is 9.78 Å². The SMILES string of the molecule is O=C(NCc1ccncc1)c1ccc(NC(=O)N2CCN(c3ccccn3)CC2)cc1. The highest BCUT2D eigenvalue weighted by Gasteiger charge is 2.21. The molecule has 1 aliphatic rings. The van der Waals surface area contributed by atoms with Crippen LogP contribution in [0.15, 0.2) is 73.2 Å². The maximum Gasteiger partial charge on any atom is 0.321 e. The Kier molecular flexibility index (Phi) is 6.37. The molecular formula is C23H24N6O2. The Morgan fingerprint density at radius 2 is 1.61 bits per heavy atom. The second kappa shape index (κ2) is 9.71. The molecule has 3 aromatic rings. The van der Waals surface area contributed by atoms with Gasteiger partial charge in [0.15, 0.2) is 0 Å². The highest BCUT2D eigenvalue weighted by Crippen LogP contribution is 2.15. The predicted octanol–water partition coefficient (Wildman–Crippen LogP) is 2.76. The van der Waals surface area contributed by atoms with Crippen molar-refractivity contribution in [3.8, 4) is 0 Å². The van der Waals surface area contributed by atoms with E-state index >= 15 is 0 Å². The van der Waals surface area contributed by atoms with E-state index in [0.29, 0.717) is 30.9 Å². The van der Waals surface area contributed by atoms with Crippen LogP contribution in [0.2, 0.25) is 0 Å². The molecule has 0 bridgehead atoms. The summed E-state index contributed by atoms with van der Waals surface area (Å²) in [5.74, 6) is 0.765. The standard InChI is InChI=1S/C23H24N6O2/c30-22(26-17-18-8-11-24-12-9-18)19-4-6-20(7-5-19)27-23(31)29-15-13-28(14-16-29)21-3-1-2-10-25-21/h1-12H,13-17H2,(H,26,30)(H,27,31).